The van der Waals surface area contributed by atoms with Crippen LogP contribution in [0, 0.1) is 19.8 Å². The first-order valence-corrected chi connectivity index (χ1v) is 13.0. The fraction of sp³-hybridized carbons (Fsp3) is 0.483. The van der Waals surface area contributed by atoms with E-state index in [9.17, 15) is 4.79 Å². The van der Waals surface area contributed by atoms with Crippen molar-refractivity contribution < 1.29 is 4.79 Å². The van der Waals surface area contributed by atoms with E-state index < -0.39 is 0 Å². The van der Waals surface area contributed by atoms with Gasteiger partial charge in [0.2, 0.25) is 0 Å². The van der Waals surface area contributed by atoms with Crippen LogP contribution in [-0.2, 0) is 4.79 Å². The highest BCUT2D eigenvalue weighted by Crippen LogP contribution is 2.41. The number of likely N-dealkylation sites (N-methyl/N-ethyl adjacent to an activating group) is 1. The van der Waals surface area contributed by atoms with Gasteiger partial charge in [-0.2, -0.15) is 5.10 Å². The summed E-state index contributed by atoms with van der Waals surface area (Å²) in [5.74, 6) is 1.84. The zero-order valence-electron chi connectivity index (χ0n) is 21.6. The zero-order chi connectivity index (χ0) is 24.7. The van der Waals surface area contributed by atoms with Gasteiger partial charge in [-0.05, 0) is 98.7 Å². The Kier molecular flexibility index (Phi) is 6.49. The molecule has 0 spiro atoms. The van der Waals surface area contributed by atoms with Gasteiger partial charge in [0.15, 0.2) is 5.65 Å². The van der Waals surface area contributed by atoms with Gasteiger partial charge in [-0.1, -0.05) is 19.9 Å². The van der Waals surface area contributed by atoms with Crippen molar-refractivity contribution in [3.63, 3.8) is 0 Å². The van der Waals surface area contributed by atoms with E-state index in [1.807, 2.05) is 11.6 Å². The van der Waals surface area contributed by atoms with Crippen LogP contribution in [0.1, 0.15) is 80.0 Å². The number of fused-ring (bicyclic) bond motifs is 2. The number of rotatable bonds is 7. The molecule has 1 aliphatic carbocycles. The van der Waals surface area contributed by atoms with Crippen LogP contribution in [0.2, 0.25) is 0 Å². The van der Waals surface area contributed by atoms with Crippen molar-refractivity contribution in [2.24, 2.45) is 5.92 Å². The summed E-state index contributed by atoms with van der Waals surface area (Å²) >= 11 is 0. The average molecular weight is 472 g/mol. The number of nitrogens with one attached hydrogen (secondary N) is 2. The Morgan fingerprint density at radius 2 is 1.94 bits per heavy atom. The fourth-order valence-corrected chi connectivity index (χ4v) is 6.04. The van der Waals surface area contributed by atoms with Crippen molar-refractivity contribution in [1.82, 2.24) is 24.9 Å². The molecular weight excluding hydrogens is 434 g/mol. The third-order valence-corrected chi connectivity index (χ3v) is 8.04. The number of benzene rings is 1. The molecule has 1 aromatic carbocycles. The second kappa shape index (κ2) is 9.57. The van der Waals surface area contributed by atoms with Gasteiger partial charge < -0.3 is 10.3 Å². The van der Waals surface area contributed by atoms with E-state index in [1.54, 1.807) is 6.33 Å². The van der Waals surface area contributed by atoms with Gasteiger partial charge in [-0.3, -0.25) is 4.79 Å². The number of aromatic amines is 1. The summed E-state index contributed by atoms with van der Waals surface area (Å²) in [7, 11) is 1.85. The number of ketones is 1. The first kappa shape index (κ1) is 23.7. The molecule has 0 atom stereocenters. The molecule has 6 heteroatoms. The molecule has 0 amide bonds. The van der Waals surface area contributed by atoms with E-state index in [0.717, 1.165) is 24.9 Å². The smallest absolute Gasteiger partial charge is 0.158 e. The highest BCUT2D eigenvalue weighted by molar-refractivity contribution is 5.92. The molecule has 1 fully saturated rings. The highest BCUT2D eigenvalue weighted by atomic mass is 16.1. The number of H-pyrrole nitrogens is 1. The van der Waals surface area contributed by atoms with E-state index in [2.05, 4.69) is 72.5 Å². The van der Waals surface area contributed by atoms with Crippen LogP contribution >= 0.6 is 0 Å². The van der Waals surface area contributed by atoms with Crippen LogP contribution < -0.4 is 5.32 Å². The number of hydrogen-bond donors (Lipinski definition) is 2. The van der Waals surface area contributed by atoms with E-state index in [0.29, 0.717) is 30.1 Å². The lowest BCUT2D eigenvalue weighted by Crippen LogP contribution is -2.23. The molecule has 3 aromatic heterocycles. The number of pyridine rings is 1. The largest absolute Gasteiger partial charge is 0.354 e. The number of hydrogen-bond acceptors (Lipinski definition) is 4. The van der Waals surface area contributed by atoms with Gasteiger partial charge in [0, 0.05) is 29.1 Å². The van der Waals surface area contributed by atoms with Crippen molar-refractivity contribution >= 4 is 22.3 Å². The maximum atomic E-state index is 12.1. The van der Waals surface area contributed by atoms with E-state index in [1.165, 1.54) is 57.3 Å². The maximum absolute atomic E-state index is 12.1. The summed E-state index contributed by atoms with van der Waals surface area (Å²) in [6.07, 6.45) is 9.07. The predicted octanol–water partition coefficient (Wildman–Crippen LogP) is 6.07. The Bertz CT molecular complexity index is 1370. The third-order valence-electron chi connectivity index (χ3n) is 8.04. The van der Waals surface area contributed by atoms with Gasteiger partial charge in [0.25, 0.3) is 0 Å². The quantitative estimate of drug-likeness (QED) is 0.343. The number of carbonyl (C=O) groups is 1. The van der Waals surface area contributed by atoms with E-state index >= 15 is 0 Å². The summed E-state index contributed by atoms with van der Waals surface area (Å²) < 4.78 is 1.89. The standard InChI is InChI=1S/C29H37N5O/c1-17(2)27-24-13-22(21-8-6-20(7-9-21)12-23(35)14-30-5)10-11-26(24)33-28(27)25-15-34-29(31-16-32-34)19(4)18(25)3/h10-11,13,15-17,20-21,30,33H,6-9,12,14H2,1-5H3. The first-order chi connectivity index (χ1) is 16.9. The Morgan fingerprint density at radius 3 is 2.66 bits per heavy atom. The lowest BCUT2D eigenvalue weighted by Gasteiger charge is -2.28. The maximum Gasteiger partial charge on any atom is 0.158 e. The highest BCUT2D eigenvalue weighted by Gasteiger charge is 2.25. The Morgan fingerprint density at radius 1 is 1.17 bits per heavy atom. The summed E-state index contributed by atoms with van der Waals surface area (Å²) in [5, 5.41) is 8.73. The van der Waals surface area contributed by atoms with Crippen molar-refractivity contribution in [3.05, 3.63) is 53.0 Å². The molecule has 0 saturated heterocycles. The van der Waals surface area contributed by atoms with Crippen LogP contribution in [0.3, 0.4) is 0 Å². The van der Waals surface area contributed by atoms with Crippen molar-refractivity contribution in [1.29, 1.82) is 0 Å². The molecule has 5 rings (SSSR count). The average Bonchev–Trinajstić information content (AvgIpc) is 3.46. The molecule has 4 aromatic rings. The van der Waals surface area contributed by atoms with E-state index in [-0.39, 0.29) is 0 Å². The lowest BCUT2D eigenvalue weighted by atomic mass is 9.76. The lowest BCUT2D eigenvalue weighted by molar-refractivity contribution is -0.119. The minimum absolute atomic E-state index is 0.341. The minimum Gasteiger partial charge on any atom is -0.354 e. The topological polar surface area (TPSA) is 75.1 Å². The monoisotopic (exact) mass is 471 g/mol. The second-order valence-corrected chi connectivity index (χ2v) is 10.7. The third kappa shape index (κ3) is 4.40. The molecule has 184 valence electrons. The molecule has 0 radical (unpaired) electrons. The van der Waals surface area contributed by atoms with Crippen molar-refractivity contribution in [3.8, 4) is 11.3 Å². The molecule has 0 bridgehead atoms. The number of aryl methyl sites for hydroxylation is 1. The summed E-state index contributed by atoms with van der Waals surface area (Å²) in [4.78, 5) is 20.2. The van der Waals surface area contributed by atoms with Gasteiger partial charge in [0.05, 0.1) is 12.2 Å². The SMILES string of the molecule is CNCC(=O)CC1CCC(c2ccc3[nH]c(-c4cn5ncnc5c(C)c4C)c(C(C)C)c3c2)CC1. The first-order valence-electron chi connectivity index (χ1n) is 13.0. The van der Waals surface area contributed by atoms with Crippen LogP contribution in [0.5, 0.6) is 0 Å². The molecule has 1 aliphatic rings. The molecule has 1 saturated carbocycles. The van der Waals surface area contributed by atoms with Crippen molar-refractivity contribution in [2.45, 2.75) is 71.6 Å². The van der Waals surface area contributed by atoms with Crippen LogP contribution in [0.15, 0.2) is 30.7 Å². The Balaban J connectivity index is 1.47. The molecule has 3 heterocycles. The minimum atomic E-state index is 0.341. The Hall–Kier alpha value is -2.99. The normalized spacial score (nSPS) is 18.7. The molecule has 0 aliphatic heterocycles. The van der Waals surface area contributed by atoms with E-state index in [4.69, 9.17) is 0 Å². The number of nitrogens with zero attached hydrogens (tertiary/aromatic N) is 3. The number of Topliss-reactive ketones (excluding diaryl/α,β-unsaturated/α-hetero) is 1. The van der Waals surface area contributed by atoms with Crippen LogP contribution in [-0.4, -0.2) is 39.0 Å². The summed E-state index contributed by atoms with van der Waals surface area (Å²) in [6.45, 7) is 9.36. The summed E-state index contributed by atoms with van der Waals surface area (Å²) in [5.41, 5.74) is 9.70. The Labute approximate surface area is 207 Å². The second-order valence-electron chi connectivity index (χ2n) is 10.7. The zero-order valence-corrected chi connectivity index (χ0v) is 21.6. The molecule has 2 N–H and O–H groups in total. The van der Waals surface area contributed by atoms with Crippen molar-refractivity contribution in [2.75, 3.05) is 13.6 Å². The number of carbonyl (C=O) groups excluding carboxylic acids is 1. The van der Waals surface area contributed by atoms with Gasteiger partial charge in [-0.25, -0.2) is 9.50 Å². The van der Waals surface area contributed by atoms with Crippen LogP contribution in [0.25, 0.3) is 27.8 Å². The predicted molar refractivity (Wildman–Crippen MR) is 142 cm³/mol. The van der Waals surface area contributed by atoms with Gasteiger partial charge >= 0.3 is 0 Å². The summed E-state index contributed by atoms with van der Waals surface area (Å²) in [6, 6.07) is 7.00. The molecule has 6 nitrogen and oxygen atoms in total. The van der Waals surface area contributed by atoms with Crippen LogP contribution in [0.4, 0.5) is 0 Å². The molecular formula is C29H37N5O. The molecule has 0 unspecified atom stereocenters. The number of aromatic nitrogens is 4. The fourth-order valence-electron chi connectivity index (χ4n) is 6.04. The molecule has 35 heavy (non-hydrogen) atoms. The van der Waals surface area contributed by atoms with Gasteiger partial charge in [-0.15, -0.1) is 0 Å². The van der Waals surface area contributed by atoms with Gasteiger partial charge in [0.1, 0.15) is 12.1 Å².